The van der Waals surface area contributed by atoms with Crippen molar-refractivity contribution in [1.29, 1.82) is 5.41 Å². The van der Waals surface area contributed by atoms with Crippen LogP contribution in [0.4, 0.5) is 38.1 Å². The first-order chi connectivity index (χ1) is 22.3. The fourth-order valence-corrected chi connectivity index (χ4v) is 4.47. The van der Waals surface area contributed by atoms with E-state index in [1.54, 1.807) is 18.2 Å². The number of carboxylic acids is 2. The third-order valence-electron chi connectivity index (χ3n) is 6.63. The second-order valence-electron chi connectivity index (χ2n) is 10.2. The van der Waals surface area contributed by atoms with E-state index in [-0.39, 0.29) is 36.7 Å². The summed E-state index contributed by atoms with van der Waals surface area (Å²) in [7, 11) is 0. The molecular formula is C28H29F6N7O7. The van der Waals surface area contributed by atoms with Crippen LogP contribution in [0.2, 0.25) is 0 Å². The topological polar surface area (TPSA) is 222 Å². The summed E-state index contributed by atoms with van der Waals surface area (Å²) in [4.78, 5) is 39.9. The molecule has 0 spiro atoms. The molecule has 0 radical (unpaired) electrons. The van der Waals surface area contributed by atoms with Gasteiger partial charge in [-0.1, -0.05) is 24.5 Å². The average Bonchev–Trinajstić information content (AvgIpc) is 3.46. The molecule has 1 aliphatic carbocycles. The Morgan fingerprint density at radius 3 is 2.06 bits per heavy atom. The summed E-state index contributed by atoms with van der Waals surface area (Å²) in [5.41, 5.74) is 7.83. The molecule has 1 aliphatic heterocycles. The predicted molar refractivity (Wildman–Crippen MR) is 157 cm³/mol. The van der Waals surface area contributed by atoms with Crippen molar-refractivity contribution in [3.8, 4) is 11.5 Å². The van der Waals surface area contributed by atoms with Crippen LogP contribution in [0.25, 0.3) is 10.9 Å². The van der Waals surface area contributed by atoms with Gasteiger partial charge in [-0.25, -0.2) is 14.6 Å². The number of hydrogen-bond acceptors (Lipinski definition) is 9. The number of carbonyl (C=O) groups is 3. The maximum Gasteiger partial charge on any atom is 0.490 e. The molecule has 1 fully saturated rings. The lowest BCUT2D eigenvalue weighted by atomic mass is 9.90. The van der Waals surface area contributed by atoms with Gasteiger partial charge in [-0.2, -0.15) is 31.3 Å². The van der Waals surface area contributed by atoms with E-state index in [0.29, 0.717) is 22.9 Å². The number of alkyl halides is 6. The predicted octanol–water partition coefficient (Wildman–Crippen LogP) is 4.39. The smallest absolute Gasteiger partial charge is 0.475 e. The molecular weight excluding hydrogens is 660 g/mol. The number of aromatic nitrogens is 2. The zero-order valence-corrected chi connectivity index (χ0v) is 24.8. The number of anilines is 2. The van der Waals surface area contributed by atoms with Gasteiger partial charge in [0.2, 0.25) is 12.7 Å². The maximum absolute atomic E-state index is 12.9. The number of ether oxygens (including phenoxy) is 2. The number of halogens is 6. The Hall–Kier alpha value is -5.56. The van der Waals surface area contributed by atoms with Crippen LogP contribution in [0.1, 0.15) is 41.6 Å². The van der Waals surface area contributed by atoms with E-state index in [4.69, 9.17) is 40.4 Å². The van der Waals surface area contributed by atoms with Crippen LogP contribution in [0.3, 0.4) is 0 Å². The average molecular weight is 690 g/mol. The van der Waals surface area contributed by atoms with E-state index in [1.165, 1.54) is 0 Å². The number of nitrogens with one attached hydrogen (secondary N) is 4. The van der Waals surface area contributed by atoms with E-state index in [2.05, 4.69) is 25.9 Å². The molecule has 14 nitrogen and oxygen atoms in total. The van der Waals surface area contributed by atoms with E-state index < -0.39 is 24.3 Å². The summed E-state index contributed by atoms with van der Waals surface area (Å²) < 4.78 is 74.2. The number of aryl methyl sites for hydroxylation is 1. The fourth-order valence-electron chi connectivity index (χ4n) is 4.47. The van der Waals surface area contributed by atoms with Crippen LogP contribution in [0.5, 0.6) is 11.5 Å². The van der Waals surface area contributed by atoms with Gasteiger partial charge in [0.05, 0.1) is 5.52 Å². The van der Waals surface area contributed by atoms with Gasteiger partial charge in [-0.15, -0.1) is 0 Å². The number of amides is 1. The highest BCUT2D eigenvalue weighted by Gasteiger charge is 2.39. The maximum atomic E-state index is 12.9. The number of nitrogens with two attached hydrogens (primary N) is 1. The Labute approximate surface area is 267 Å². The standard InChI is InChI=1S/C24H27N7O3.2C2HF3O2/c1-13-6-8-16-15(10-13)21(27-17-4-2-3-5-18(17)28-23(25)26)30-24(29-16)31-22(32)14-7-9-19-20(11-14)34-12-33-19;2*3-2(4,5)1(6)7/h6-11,17-18H,2-5,12H2,1H3,(H4,25,26,28)(H2,27,29,30,31,32);2*(H,6,7). The molecule has 48 heavy (non-hydrogen) atoms. The second-order valence-corrected chi connectivity index (χ2v) is 10.2. The first kappa shape index (κ1) is 36.9. The van der Waals surface area contributed by atoms with Gasteiger partial charge in [0.15, 0.2) is 17.5 Å². The molecule has 1 saturated carbocycles. The number of benzene rings is 2. The summed E-state index contributed by atoms with van der Waals surface area (Å²) in [6, 6.07) is 11.0. The highest BCUT2D eigenvalue weighted by Crippen LogP contribution is 2.33. The van der Waals surface area contributed by atoms with Gasteiger partial charge in [0.1, 0.15) is 5.82 Å². The Kier molecular flexibility index (Phi) is 11.8. The van der Waals surface area contributed by atoms with Crippen molar-refractivity contribution in [1.82, 2.24) is 15.3 Å². The Balaban J connectivity index is 0.000000376. The highest BCUT2D eigenvalue weighted by molar-refractivity contribution is 6.04. The number of aliphatic carboxylic acids is 2. The number of rotatable bonds is 5. The number of nitrogens with zero attached hydrogens (tertiary/aromatic N) is 2. The number of carbonyl (C=O) groups excluding carboxylic acids is 1. The van der Waals surface area contributed by atoms with Gasteiger partial charge in [-0.05, 0) is 50.1 Å². The quantitative estimate of drug-likeness (QED) is 0.113. The number of fused-ring (bicyclic) bond motifs is 2. The monoisotopic (exact) mass is 689 g/mol. The third-order valence-corrected chi connectivity index (χ3v) is 6.63. The normalized spacial score (nSPS) is 16.7. The van der Waals surface area contributed by atoms with Gasteiger partial charge in [0, 0.05) is 23.0 Å². The molecule has 2 unspecified atom stereocenters. The van der Waals surface area contributed by atoms with Crippen molar-refractivity contribution >= 4 is 46.5 Å². The van der Waals surface area contributed by atoms with Crippen LogP contribution in [0, 0.1) is 12.3 Å². The summed E-state index contributed by atoms with van der Waals surface area (Å²) in [5, 5.41) is 32.2. The summed E-state index contributed by atoms with van der Waals surface area (Å²) in [6.07, 6.45) is -6.19. The molecule has 2 heterocycles. The molecule has 2 aromatic carbocycles. The molecule has 1 aromatic heterocycles. The van der Waals surface area contributed by atoms with Crippen LogP contribution >= 0.6 is 0 Å². The largest absolute Gasteiger partial charge is 0.490 e. The molecule has 3 aromatic rings. The second kappa shape index (κ2) is 15.4. The van der Waals surface area contributed by atoms with Gasteiger partial charge >= 0.3 is 24.3 Å². The molecule has 20 heteroatoms. The highest BCUT2D eigenvalue weighted by atomic mass is 19.4. The molecule has 5 rings (SSSR count). The number of hydrogen-bond donors (Lipinski definition) is 7. The summed E-state index contributed by atoms with van der Waals surface area (Å²) in [5.74, 6) is -3.92. The van der Waals surface area contributed by atoms with Crippen molar-refractivity contribution in [2.24, 2.45) is 5.73 Å². The van der Waals surface area contributed by atoms with Crippen molar-refractivity contribution in [2.75, 3.05) is 17.4 Å². The van der Waals surface area contributed by atoms with Crippen LogP contribution in [0.15, 0.2) is 36.4 Å². The molecule has 8 N–H and O–H groups in total. The van der Waals surface area contributed by atoms with Crippen LogP contribution in [-0.2, 0) is 9.59 Å². The van der Waals surface area contributed by atoms with E-state index in [0.717, 1.165) is 42.1 Å². The van der Waals surface area contributed by atoms with Crippen molar-refractivity contribution in [2.45, 2.75) is 57.0 Å². The molecule has 0 saturated heterocycles. The third kappa shape index (κ3) is 10.5. The van der Waals surface area contributed by atoms with E-state index in [9.17, 15) is 31.1 Å². The molecule has 1 amide bonds. The van der Waals surface area contributed by atoms with Crippen LogP contribution < -0.4 is 31.2 Å². The zero-order chi connectivity index (χ0) is 35.8. The lowest BCUT2D eigenvalue weighted by Gasteiger charge is -2.33. The van der Waals surface area contributed by atoms with Crippen molar-refractivity contribution in [3.05, 3.63) is 47.5 Å². The minimum absolute atomic E-state index is 0.0211. The van der Waals surface area contributed by atoms with Gasteiger partial charge < -0.3 is 36.1 Å². The molecule has 2 aliphatic rings. The summed E-state index contributed by atoms with van der Waals surface area (Å²) in [6.45, 7) is 2.16. The van der Waals surface area contributed by atoms with Crippen molar-refractivity contribution < 1.29 is 60.4 Å². The SMILES string of the molecule is Cc1ccc2nc(NC(=O)c3ccc4c(c3)OCO4)nc(NC3CCCCC3NC(=N)N)c2c1.O=C(O)C(F)(F)F.O=C(O)C(F)(F)F. The Morgan fingerprint density at radius 1 is 0.896 bits per heavy atom. The summed E-state index contributed by atoms with van der Waals surface area (Å²) >= 11 is 0. The number of guanidine groups is 1. The van der Waals surface area contributed by atoms with Gasteiger partial charge in [0.25, 0.3) is 5.91 Å². The lowest BCUT2D eigenvalue weighted by Crippen LogP contribution is -2.50. The van der Waals surface area contributed by atoms with E-state index >= 15 is 0 Å². The van der Waals surface area contributed by atoms with Crippen LogP contribution in [-0.4, -0.2) is 75.2 Å². The molecule has 260 valence electrons. The lowest BCUT2D eigenvalue weighted by molar-refractivity contribution is -0.193. The van der Waals surface area contributed by atoms with Gasteiger partial charge in [-0.3, -0.25) is 15.5 Å². The Morgan fingerprint density at radius 2 is 1.48 bits per heavy atom. The molecule has 0 bridgehead atoms. The van der Waals surface area contributed by atoms with Crippen molar-refractivity contribution in [3.63, 3.8) is 0 Å². The minimum atomic E-state index is -5.08. The van der Waals surface area contributed by atoms with E-state index in [1.807, 2.05) is 25.1 Å². The molecule has 2 atom stereocenters. The fraction of sp³-hybridized carbons (Fsp3) is 0.357. The minimum Gasteiger partial charge on any atom is -0.475 e. The number of carboxylic acid groups (broad SMARTS) is 2. The zero-order valence-electron chi connectivity index (χ0n) is 24.8. The first-order valence-corrected chi connectivity index (χ1v) is 13.8. The first-order valence-electron chi connectivity index (χ1n) is 13.8. The Bertz CT molecular complexity index is 1650.